The van der Waals surface area contributed by atoms with E-state index in [4.69, 9.17) is 0 Å². The molecule has 4 rings (SSSR count). The number of nitrogens with one attached hydrogen (secondary N) is 1. The Labute approximate surface area is 172 Å². The molecule has 0 unspecified atom stereocenters. The summed E-state index contributed by atoms with van der Waals surface area (Å²) < 4.78 is 0. The second-order valence-corrected chi connectivity index (χ2v) is 7.52. The first-order valence-electron chi connectivity index (χ1n) is 9.20. The second-order valence-electron chi connectivity index (χ2n) is 6.53. The Hall–Kier alpha value is -3.38. The molecule has 29 heavy (non-hydrogen) atoms. The van der Waals surface area contributed by atoms with Crippen LogP contribution in [0.2, 0.25) is 0 Å². The average molecular weight is 402 g/mol. The van der Waals surface area contributed by atoms with E-state index in [0.29, 0.717) is 10.5 Å². The Balaban J connectivity index is 1.40. The van der Waals surface area contributed by atoms with Gasteiger partial charge in [0, 0.05) is 18.7 Å². The topological polar surface area (TPSA) is 66.5 Å². The number of thioether (sulfide) groups is 1. The number of rotatable bonds is 5. The van der Waals surface area contributed by atoms with Crippen LogP contribution in [-0.2, 0) is 4.79 Å². The first kappa shape index (κ1) is 19.0. The maximum atomic E-state index is 12.6. The number of hydrogen-bond donors (Lipinski definition) is 1. The van der Waals surface area contributed by atoms with E-state index < -0.39 is 0 Å². The Morgan fingerprint density at radius 2 is 1.66 bits per heavy atom. The number of fused-ring (bicyclic) bond motifs is 1. The SMILES string of the molecule is O=C(NCCN1C(=O)S/C(=C\c2ccccc2)C1=O)c1cccc2ccccc12. The van der Waals surface area contributed by atoms with Gasteiger partial charge >= 0.3 is 0 Å². The van der Waals surface area contributed by atoms with E-state index >= 15 is 0 Å². The molecule has 0 radical (unpaired) electrons. The highest BCUT2D eigenvalue weighted by Crippen LogP contribution is 2.31. The van der Waals surface area contributed by atoms with Gasteiger partial charge in [0.15, 0.2) is 0 Å². The van der Waals surface area contributed by atoms with Gasteiger partial charge in [0.2, 0.25) is 0 Å². The summed E-state index contributed by atoms with van der Waals surface area (Å²) in [6.07, 6.45) is 1.71. The van der Waals surface area contributed by atoms with E-state index in [9.17, 15) is 14.4 Å². The summed E-state index contributed by atoms with van der Waals surface area (Å²) in [6.45, 7) is 0.325. The normalized spacial score (nSPS) is 15.3. The lowest BCUT2D eigenvalue weighted by Crippen LogP contribution is -2.37. The maximum Gasteiger partial charge on any atom is 0.293 e. The van der Waals surface area contributed by atoms with Gasteiger partial charge in [0.1, 0.15) is 0 Å². The minimum absolute atomic E-state index is 0.132. The number of nitrogens with zero attached hydrogens (tertiary/aromatic N) is 1. The molecule has 0 saturated carbocycles. The third-order valence-corrected chi connectivity index (χ3v) is 5.53. The van der Waals surface area contributed by atoms with Crippen molar-refractivity contribution in [2.24, 2.45) is 0 Å². The molecule has 0 aliphatic carbocycles. The first-order chi connectivity index (χ1) is 14.1. The van der Waals surface area contributed by atoms with Gasteiger partial charge in [-0.1, -0.05) is 66.7 Å². The van der Waals surface area contributed by atoms with Crippen LogP contribution < -0.4 is 5.32 Å². The molecule has 1 fully saturated rings. The minimum Gasteiger partial charge on any atom is -0.350 e. The van der Waals surface area contributed by atoms with E-state index in [1.54, 1.807) is 12.1 Å². The van der Waals surface area contributed by atoms with Crippen LogP contribution >= 0.6 is 11.8 Å². The molecule has 144 valence electrons. The molecular weight excluding hydrogens is 384 g/mol. The van der Waals surface area contributed by atoms with Crippen molar-refractivity contribution in [2.45, 2.75) is 0 Å². The van der Waals surface area contributed by atoms with Crippen molar-refractivity contribution in [3.8, 4) is 0 Å². The first-order valence-corrected chi connectivity index (χ1v) is 10.0. The molecule has 0 bridgehead atoms. The molecule has 3 amide bonds. The molecule has 3 aromatic rings. The summed E-state index contributed by atoms with van der Waals surface area (Å²) in [5.74, 6) is -0.558. The van der Waals surface area contributed by atoms with Gasteiger partial charge in [-0.3, -0.25) is 19.3 Å². The second kappa shape index (κ2) is 8.32. The fourth-order valence-corrected chi connectivity index (χ4v) is 4.06. The molecule has 0 atom stereocenters. The van der Waals surface area contributed by atoms with Crippen molar-refractivity contribution in [1.29, 1.82) is 0 Å². The lowest BCUT2D eigenvalue weighted by molar-refractivity contribution is -0.122. The molecule has 0 aromatic heterocycles. The molecule has 1 N–H and O–H groups in total. The highest BCUT2D eigenvalue weighted by molar-refractivity contribution is 8.18. The zero-order valence-corrected chi connectivity index (χ0v) is 16.3. The summed E-state index contributed by atoms with van der Waals surface area (Å²) in [5, 5.41) is 4.34. The monoisotopic (exact) mass is 402 g/mol. The lowest BCUT2D eigenvalue weighted by atomic mass is 10.0. The predicted molar refractivity (Wildman–Crippen MR) is 115 cm³/mol. The molecule has 6 heteroatoms. The summed E-state index contributed by atoms with van der Waals surface area (Å²) in [7, 11) is 0. The number of benzene rings is 3. The number of imide groups is 1. The van der Waals surface area contributed by atoms with Gasteiger partial charge in [-0.2, -0.15) is 0 Å². The maximum absolute atomic E-state index is 12.6. The van der Waals surface area contributed by atoms with Crippen LogP contribution in [0.25, 0.3) is 16.8 Å². The fourth-order valence-electron chi connectivity index (χ4n) is 3.19. The molecule has 1 saturated heterocycles. The van der Waals surface area contributed by atoms with Gasteiger partial charge in [-0.05, 0) is 40.2 Å². The van der Waals surface area contributed by atoms with Crippen molar-refractivity contribution in [3.05, 3.63) is 88.8 Å². The van der Waals surface area contributed by atoms with Gasteiger partial charge < -0.3 is 5.32 Å². The minimum atomic E-state index is -0.330. The van der Waals surface area contributed by atoms with Crippen LogP contribution in [0.3, 0.4) is 0 Å². The van der Waals surface area contributed by atoms with E-state index in [1.807, 2.05) is 66.7 Å². The highest BCUT2D eigenvalue weighted by Gasteiger charge is 2.34. The van der Waals surface area contributed by atoms with Gasteiger partial charge in [-0.15, -0.1) is 0 Å². The zero-order chi connectivity index (χ0) is 20.2. The molecule has 5 nitrogen and oxygen atoms in total. The summed E-state index contributed by atoms with van der Waals surface area (Å²) >= 11 is 0.920. The van der Waals surface area contributed by atoms with Crippen molar-refractivity contribution >= 4 is 45.7 Å². The molecule has 3 aromatic carbocycles. The lowest BCUT2D eigenvalue weighted by Gasteiger charge is -2.13. The van der Waals surface area contributed by atoms with Crippen LogP contribution in [0.4, 0.5) is 4.79 Å². The third kappa shape index (κ3) is 4.07. The van der Waals surface area contributed by atoms with Crippen LogP contribution in [0.1, 0.15) is 15.9 Å². The Kier molecular flexibility index (Phi) is 5.44. The summed E-state index contributed by atoms with van der Waals surface area (Å²) in [4.78, 5) is 38.9. The average Bonchev–Trinajstić information content (AvgIpc) is 3.01. The van der Waals surface area contributed by atoms with Gasteiger partial charge in [-0.25, -0.2) is 0 Å². The molecular formula is C23H18N2O3S. The number of amides is 3. The number of carbonyl (C=O) groups excluding carboxylic acids is 3. The van der Waals surface area contributed by atoms with Crippen LogP contribution in [0, 0.1) is 0 Å². The zero-order valence-electron chi connectivity index (χ0n) is 15.5. The third-order valence-electron chi connectivity index (χ3n) is 4.63. The predicted octanol–water partition coefficient (Wildman–Crippen LogP) is 4.31. The largest absolute Gasteiger partial charge is 0.350 e. The molecule has 1 aliphatic rings. The Bertz CT molecular complexity index is 1120. The van der Waals surface area contributed by atoms with Gasteiger partial charge in [0.25, 0.3) is 17.1 Å². The quantitative estimate of drug-likeness (QED) is 0.646. The standard InChI is InChI=1S/C23H18N2O3S/c26-21(19-12-6-10-17-9-4-5-11-18(17)19)24-13-14-25-22(27)20(29-23(25)28)15-16-7-2-1-3-8-16/h1-12,15H,13-14H2,(H,24,26)/b20-15-. The van der Waals surface area contributed by atoms with Crippen LogP contribution in [-0.4, -0.2) is 35.0 Å². The number of carbonyl (C=O) groups is 3. The van der Waals surface area contributed by atoms with Crippen molar-refractivity contribution in [2.75, 3.05) is 13.1 Å². The van der Waals surface area contributed by atoms with Crippen molar-refractivity contribution in [3.63, 3.8) is 0 Å². The van der Waals surface area contributed by atoms with E-state index in [2.05, 4.69) is 5.32 Å². The molecule has 1 aliphatic heterocycles. The Morgan fingerprint density at radius 3 is 2.48 bits per heavy atom. The number of hydrogen-bond acceptors (Lipinski definition) is 4. The van der Waals surface area contributed by atoms with E-state index in [0.717, 1.165) is 28.1 Å². The van der Waals surface area contributed by atoms with Crippen molar-refractivity contribution < 1.29 is 14.4 Å². The van der Waals surface area contributed by atoms with Crippen molar-refractivity contribution in [1.82, 2.24) is 10.2 Å². The van der Waals surface area contributed by atoms with E-state index in [-0.39, 0.29) is 30.1 Å². The Morgan fingerprint density at radius 1 is 0.931 bits per heavy atom. The smallest absolute Gasteiger partial charge is 0.293 e. The molecule has 1 heterocycles. The van der Waals surface area contributed by atoms with Gasteiger partial charge in [0.05, 0.1) is 4.91 Å². The summed E-state index contributed by atoms with van der Waals surface area (Å²) in [5.41, 5.74) is 1.43. The van der Waals surface area contributed by atoms with Crippen LogP contribution in [0.15, 0.2) is 77.7 Å². The highest BCUT2D eigenvalue weighted by atomic mass is 32.2. The van der Waals surface area contributed by atoms with Crippen LogP contribution in [0.5, 0.6) is 0 Å². The summed E-state index contributed by atoms with van der Waals surface area (Å²) in [6, 6.07) is 22.6. The van der Waals surface area contributed by atoms with E-state index in [1.165, 1.54) is 4.90 Å². The fraction of sp³-hybridized carbons (Fsp3) is 0.0870. The molecule has 0 spiro atoms.